The maximum Gasteiger partial charge on any atom is 0.150 e. The molecule has 7 nitrogen and oxygen atoms in total. The Bertz CT molecular complexity index is 1060. The Labute approximate surface area is 193 Å². The highest BCUT2D eigenvalue weighted by molar-refractivity contribution is 5.86. The zero-order chi connectivity index (χ0) is 23.8. The number of carbonyl (C=O) groups is 1. The number of rotatable bonds is 8. The standard InChI is InChI=1S/C21H22N4O2.C4H8FN/c1-14(6-8-23-15(2)22)19-12-25-21(18-7-9-27-20(18)19)24-11-16-4-3-5-17(10-16)13-26;1-6-4-2-3(4)5/h3-6,8,10,12-13H,2,7,9,11,22H2,1H3,(H,24,25);3-4,6H,2H2,1H3/b14-6+,23-8-;. The van der Waals surface area contributed by atoms with Gasteiger partial charge >= 0.3 is 0 Å². The number of pyridine rings is 1. The number of aliphatic imine (C=N–C) groups is 1. The average Bonchev–Trinajstić information content (AvgIpc) is 3.31. The third-order valence-corrected chi connectivity index (χ3v) is 5.35. The summed E-state index contributed by atoms with van der Waals surface area (Å²) in [5, 5.41) is 6.17. The molecular formula is C25H30FN5O2. The molecule has 1 aromatic carbocycles. The highest BCUT2D eigenvalue weighted by Gasteiger charge is 2.35. The van der Waals surface area contributed by atoms with Crippen LogP contribution in [0.25, 0.3) is 5.57 Å². The van der Waals surface area contributed by atoms with Crippen molar-refractivity contribution < 1.29 is 13.9 Å². The molecule has 1 fully saturated rings. The first-order valence-electron chi connectivity index (χ1n) is 10.8. The van der Waals surface area contributed by atoms with Crippen molar-refractivity contribution in [2.24, 2.45) is 10.7 Å². The number of allylic oxidation sites excluding steroid dienone is 2. The van der Waals surface area contributed by atoms with E-state index in [-0.39, 0.29) is 11.9 Å². The van der Waals surface area contributed by atoms with Gasteiger partial charge in [0.05, 0.1) is 6.61 Å². The van der Waals surface area contributed by atoms with E-state index in [0.717, 1.165) is 53.0 Å². The van der Waals surface area contributed by atoms with Crippen molar-refractivity contribution in [2.75, 3.05) is 19.0 Å². The van der Waals surface area contributed by atoms with E-state index >= 15 is 0 Å². The highest BCUT2D eigenvalue weighted by Crippen LogP contribution is 2.37. The lowest BCUT2D eigenvalue weighted by Gasteiger charge is -2.13. The minimum Gasteiger partial charge on any atom is -0.492 e. The Morgan fingerprint density at radius 2 is 2.24 bits per heavy atom. The van der Waals surface area contributed by atoms with Crippen molar-refractivity contribution in [3.8, 4) is 5.75 Å². The molecule has 8 heteroatoms. The monoisotopic (exact) mass is 451 g/mol. The van der Waals surface area contributed by atoms with Gasteiger partial charge in [0.2, 0.25) is 0 Å². The molecule has 2 heterocycles. The normalized spacial score (nSPS) is 18.7. The summed E-state index contributed by atoms with van der Waals surface area (Å²) >= 11 is 0. The first-order valence-corrected chi connectivity index (χ1v) is 10.8. The lowest BCUT2D eigenvalue weighted by molar-refractivity contribution is 0.112. The Morgan fingerprint density at radius 1 is 1.45 bits per heavy atom. The molecule has 2 aromatic rings. The number of hydrogen-bond donors (Lipinski definition) is 3. The molecule has 2 unspecified atom stereocenters. The number of aldehydes is 1. The van der Waals surface area contributed by atoms with Gasteiger partial charge in [-0.05, 0) is 43.7 Å². The minimum absolute atomic E-state index is 0.185. The molecule has 0 bridgehead atoms. The summed E-state index contributed by atoms with van der Waals surface area (Å²) in [7, 11) is 1.78. The molecule has 4 N–H and O–H groups in total. The van der Waals surface area contributed by atoms with Crippen LogP contribution in [0.2, 0.25) is 0 Å². The van der Waals surface area contributed by atoms with Crippen molar-refractivity contribution >= 4 is 23.9 Å². The third-order valence-electron chi connectivity index (χ3n) is 5.35. The summed E-state index contributed by atoms with van der Waals surface area (Å²) in [6, 6.07) is 7.68. The predicted molar refractivity (Wildman–Crippen MR) is 130 cm³/mol. The number of nitrogens with one attached hydrogen (secondary N) is 2. The van der Waals surface area contributed by atoms with Gasteiger partial charge in [-0.15, -0.1) is 0 Å². The predicted octanol–water partition coefficient (Wildman–Crippen LogP) is 3.66. The lowest BCUT2D eigenvalue weighted by atomic mass is 10.0. The molecule has 0 saturated heterocycles. The molecule has 0 spiro atoms. The second kappa shape index (κ2) is 11.4. The SMILES string of the molecule is C=C(N)/N=C\C=C(/C)c1cnc(NCc2cccc(C=O)c2)c2c1OCC2.CNC1CC1F. The van der Waals surface area contributed by atoms with Gasteiger partial charge in [0, 0.05) is 48.1 Å². The molecule has 33 heavy (non-hydrogen) atoms. The van der Waals surface area contributed by atoms with Crippen molar-refractivity contribution in [2.45, 2.75) is 38.5 Å². The van der Waals surface area contributed by atoms with Gasteiger partial charge in [0.25, 0.3) is 0 Å². The van der Waals surface area contributed by atoms with Crippen LogP contribution in [0, 0.1) is 0 Å². The second-order valence-electron chi connectivity index (χ2n) is 7.91. The van der Waals surface area contributed by atoms with Crippen LogP contribution in [0.5, 0.6) is 5.75 Å². The molecule has 1 saturated carbocycles. The van der Waals surface area contributed by atoms with Gasteiger partial charge in [-0.2, -0.15) is 0 Å². The smallest absolute Gasteiger partial charge is 0.150 e. The van der Waals surface area contributed by atoms with Crippen LogP contribution in [-0.2, 0) is 13.0 Å². The number of ether oxygens (including phenoxy) is 1. The quantitative estimate of drug-likeness (QED) is 0.418. The fourth-order valence-corrected chi connectivity index (χ4v) is 3.38. The Kier molecular flexibility index (Phi) is 8.32. The summed E-state index contributed by atoms with van der Waals surface area (Å²) in [5.41, 5.74) is 10.1. The van der Waals surface area contributed by atoms with Gasteiger partial charge < -0.3 is 21.1 Å². The number of benzene rings is 1. The van der Waals surface area contributed by atoms with Crippen LogP contribution in [0.15, 0.2) is 53.9 Å². The van der Waals surface area contributed by atoms with Crippen LogP contribution in [0.3, 0.4) is 0 Å². The van der Waals surface area contributed by atoms with Gasteiger partial charge in [-0.3, -0.25) is 4.79 Å². The van der Waals surface area contributed by atoms with E-state index in [4.69, 9.17) is 10.5 Å². The Balaban J connectivity index is 0.000000442. The van der Waals surface area contributed by atoms with Crippen LogP contribution in [-0.4, -0.2) is 43.4 Å². The van der Waals surface area contributed by atoms with Crippen LogP contribution in [0.1, 0.15) is 40.4 Å². The number of nitrogens with two attached hydrogens (primary N) is 1. The molecule has 2 atom stereocenters. The number of halogens is 1. The summed E-state index contributed by atoms with van der Waals surface area (Å²) in [5.74, 6) is 1.92. The third kappa shape index (κ3) is 6.73. The summed E-state index contributed by atoms with van der Waals surface area (Å²) in [6.07, 6.45) is 7.09. The van der Waals surface area contributed by atoms with Gasteiger partial charge in [0.15, 0.2) is 0 Å². The number of hydrogen-bond acceptors (Lipinski definition) is 7. The number of carbonyl (C=O) groups excluding carboxylic acids is 1. The van der Waals surface area contributed by atoms with Gasteiger partial charge in [-0.1, -0.05) is 24.8 Å². The second-order valence-corrected chi connectivity index (χ2v) is 7.91. The van der Waals surface area contributed by atoms with E-state index in [2.05, 4.69) is 27.2 Å². The molecule has 174 valence electrons. The van der Waals surface area contributed by atoms with Crippen molar-refractivity contribution in [3.63, 3.8) is 0 Å². The topological polar surface area (TPSA) is 102 Å². The molecule has 1 aliphatic carbocycles. The Hall–Kier alpha value is -3.52. The van der Waals surface area contributed by atoms with E-state index in [1.54, 1.807) is 25.5 Å². The summed E-state index contributed by atoms with van der Waals surface area (Å²) in [6.45, 7) is 6.72. The van der Waals surface area contributed by atoms with Gasteiger partial charge in [0.1, 0.15) is 29.8 Å². The fourth-order valence-electron chi connectivity index (χ4n) is 3.38. The van der Waals surface area contributed by atoms with E-state index in [1.165, 1.54) is 0 Å². The summed E-state index contributed by atoms with van der Waals surface area (Å²) in [4.78, 5) is 19.5. The molecule has 1 aromatic heterocycles. The van der Waals surface area contributed by atoms with Crippen molar-refractivity contribution in [1.82, 2.24) is 10.3 Å². The lowest BCUT2D eigenvalue weighted by Crippen LogP contribution is -2.10. The molecule has 1 aliphatic heterocycles. The Morgan fingerprint density at radius 3 is 2.88 bits per heavy atom. The average molecular weight is 452 g/mol. The molecule has 2 aliphatic rings. The van der Waals surface area contributed by atoms with Crippen LogP contribution >= 0.6 is 0 Å². The first-order chi connectivity index (χ1) is 15.9. The zero-order valence-corrected chi connectivity index (χ0v) is 19.0. The van der Waals surface area contributed by atoms with Crippen LogP contribution < -0.4 is 21.1 Å². The van der Waals surface area contributed by atoms with Crippen molar-refractivity contribution in [1.29, 1.82) is 0 Å². The molecule has 4 rings (SSSR count). The maximum atomic E-state index is 11.7. The number of fused-ring (bicyclic) bond motifs is 1. The number of aromatic nitrogens is 1. The zero-order valence-electron chi connectivity index (χ0n) is 19.0. The summed E-state index contributed by atoms with van der Waals surface area (Å²) < 4.78 is 17.6. The molecular weight excluding hydrogens is 421 g/mol. The van der Waals surface area contributed by atoms with Crippen LogP contribution in [0.4, 0.5) is 10.2 Å². The minimum atomic E-state index is -0.546. The number of anilines is 1. The van der Waals surface area contributed by atoms with E-state index in [0.29, 0.717) is 18.7 Å². The molecule has 0 radical (unpaired) electrons. The van der Waals surface area contributed by atoms with Crippen molar-refractivity contribution in [3.05, 3.63) is 71.2 Å². The van der Waals surface area contributed by atoms with E-state index in [9.17, 15) is 9.18 Å². The number of nitrogens with zero attached hydrogens (tertiary/aromatic N) is 2. The highest BCUT2D eigenvalue weighted by atomic mass is 19.1. The fraction of sp³-hybridized carbons (Fsp3) is 0.320. The first kappa shape index (κ1) is 24.1. The largest absolute Gasteiger partial charge is 0.492 e. The van der Waals surface area contributed by atoms with E-state index in [1.807, 2.05) is 31.2 Å². The van der Waals surface area contributed by atoms with E-state index < -0.39 is 6.17 Å². The number of alkyl halides is 1. The molecule has 0 amide bonds. The maximum absolute atomic E-state index is 11.7. The van der Waals surface area contributed by atoms with Gasteiger partial charge in [-0.25, -0.2) is 14.4 Å².